The highest BCUT2D eigenvalue weighted by atomic mass is 16.6. The van der Waals surface area contributed by atoms with Crippen LogP contribution in [0.3, 0.4) is 0 Å². The first-order chi connectivity index (χ1) is 11.2. The lowest BCUT2D eigenvalue weighted by Gasteiger charge is -2.31. The normalized spacial score (nSPS) is 22.4. The standard InChI is InChI=1S/C16H27N3O5/c1-16(2,3)24-14(21)17-12-6-9-19(10-12)13(20)11-4-7-18(8-5-11)15(22)23/h11-12H,4-10H2,1-3H3,(H,17,21)(H,22,23). The van der Waals surface area contributed by atoms with Crippen molar-refractivity contribution in [3.8, 4) is 0 Å². The maximum Gasteiger partial charge on any atom is 0.407 e. The smallest absolute Gasteiger partial charge is 0.407 e. The molecular weight excluding hydrogens is 314 g/mol. The quantitative estimate of drug-likeness (QED) is 0.793. The van der Waals surface area contributed by atoms with Gasteiger partial charge < -0.3 is 25.0 Å². The van der Waals surface area contributed by atoms with Crippen LogP contribution in [-0.2, 0) is 9.53 Å². The average Bonchev–Trinajstić information content (AvgIpc) is 2.92. The third kappa shape index (κ3) is 5.01. The lowest BCUT2D eigenvalue weighted by atomic mass is 9.95. The maximum atomic E-state index is 12.6. The first-order valence-corrected chi connectivity index (χ1v) is 8.42. The zero-order chi connectivity index (χ0) is 17.9. The molecule has 2 aliphatic heterocycles. The van der Waals surface area contributed by atoms with Crippen LogP contribution in [0.15, 0.2) is 0 Å². The summed E-state index contributed by atoms with van der Waals surface area (Å²) in [5.74, 6) is -0.0607. The van der Waals surface area contributed by atoms with E-state index in [1.54, 1.807) is 25.7 Å². The van der Waals surface area contributed by atoms with Crippen LogP contribution in [-0.4, -0.2) is 70.8 Å². The number of amides is 3. The van der Waals surface area contributed by atoms with Crippen LogP contribution in [0.1, 0.15) is 40.0 Å². The van der Waals surface area contributed by atoms with Gasteiger partial charge in [0.15, 0.2) is 0 Å². The Hall–Kier alpha value is -1.99. The number of hydrogen-bond acceptors (Lipinski definition) is 4. The number of carboxylic acid groups (broad SMARTS) is 1. The van der Waals surface area contributed by atoms with Crippen LogP contribution >= 0.6 is 0 Å². The number of rotatable bonds is 2. The molecule has 0 spiro atoms. The topological polar surface area (TPSA) is 99.2 Å². The number of hydrogen-bond donors (Lipinski definition) is 2. The van der Waals surface area contributed by atoms with Gasteiger partial charge in [-0.1, -0.05) is 0 Å². The summed E-state index contributed by atoms with van der Waals surface area (Å²) in [7, 11) is 0. The summed E-state index contributed by atoms with van der Waals surface area (Å²) in [4.78, 5) is 38.4. The van der Waals surface area contributed by atoms with Crippen molar-refractivity contribution >= 4 is 18.1 Å². The Balaban J connectivity index is 1.78. The number of likely N-dealkylation sites (tertiary alicyclic amines) is 2. The Morgan fingerprint density at radius 2 is 1.62 bits per heavy atom. The molecule has 2 N–H and O–H groups in total. The molecule has 0 radical (unpaired) electrons. The largest absolute Gasteiger partial charge is 0.465 e. The van der Waals surface area contributed by atoms with E-state index in [1.807, 2.05) is 0 Å². The predicted molar refractivity (Wildman–Crippen MR) is 86.7 cm³/mol. The molecule has 8 nitrogen and oxygen atoms in total. The molecule has 1 atom stereocenters. The average molecular weight is 341 g/mol. The molecule has 2 heterocycles. The van der Waals surface area contributed by atoms with Gasteiger partial charge in [-0.3, -0.25) is 4.79 Å². The molecule has 0 aromatic carbocycles. The fourth-order valence-electron chi connectivity index (χ4n) is 3.13. The van der Waals surface area contributed by atoms with Crippen molar-refractivity contribution in [1.82, 2.24) is 15.1 Å². The highest BCUT2D eigenvalue weighted by Crippen LogP contribution is 2.22. The van der Waals surface area contributed by atoms with Crippen LogP contribution in [0, 0.1) is 5.92 Å². The maximum absolute atomic E-state index is 12.6. The Bertz CT molecular complexity index is 494. The Morgan fingerprint density at radius 3 is 2.17 bits per heavy atom. The number of carbonyl (C=O) groups excluding carboxylic acids is 2. The van der Waals surface area contributed by atoms with Gasteiger partial charge in [0.1, 0.15) is 5.60 Å². The Morgan fingerprint density at radius 1 is 1.04 bits per heavy atom. The zero-order valence-electron chi connectivity index (χ0n) is 14.6. The molecule has 3 amide bonds. The number of nitrogens with zero attached hydrogens (tertiary/aromatic N) is 2. The second kappa shape index (κ2) is 7.27. The first kappa shape index (κ1) is 18.4. The third-order valence-electron chi connectivity index (χ3n) is 4.34. The van der Waals surface area contributed by atoms with Gasteiger partial charge in [0.2, 0.25) is 5.91 Å². The summed E-state index contributed by atoms with van der Waals surface area (Å²) < 4.78 is 5.23. The van der Waals surface area contributed by atoms with Gasteiger partial charge in [0.25, 0.3) is 0 Å². The van der Waals surface area contributed by atoms with Crippen molar-refractivity contribution in [2.45, 2.75) is 51.7 Å². The SMILES string of the molecule is CC(C)(C)OC(=O)NC1CCN(C(=O)C2CCN(C(=O)O)CC2)C1. The van der Waals surface area contributed by atoms with E-state index >= 15 is 0 Å². The van der Waals surface area contributed by atoms with Gasteiger partial charge in [0.05, 0.1) is 6.04 Å². The van der Waals surface area contributed by atoms with Gasteiger partial charge in [-0.25, -0.2) is 9.59 Å². The van der Waals surface area contributed by atoms with Crippen molar-refractivity contribution in [2.75, 3.05) is 26.2 Å². The number of nitrogens with one attached hydrogen (secondary N) is 1. The molecule has 0 aliphatic carbocycles. The van der Waals surface area contributed by atoms with E-state index in [2.05, 4.69) is 5.32 Å². The number of alkyl carbamates (subject to hydrolysis) is 1. The highest BCUT2D eigenvalue weighted by molar-refractivity contribution is 5.80. The summed E-state index contributed by atoms with van der Waals surface area (Å²) >= 11 is 0. The summed E-state index contributed by atoms with van der Waals surface area (Å²) in [5.41, 5.74) is -0.545. The predicted octanol–water partition coefficient (Wildman–Crippen LogP) is 1.50. The fraction of sp³-hybridized carbons (Fsp3) is 0.812. The van der Waals surface area contributed by atoms with Crippen molar-refractivity contribution in [2.24, 2.45) is 5.92 Å². The van der Waals surface area contributed by atoms with Crippen molar-refractivity contribution in [1.29, 1.82) is 0 Å². The van der Waals surface area contributed by atoms with E-state index in [-0.39, 0.29) is 17.9 Å². The second-order valence-corrected chi connectivity index (χ2v) is 7.46. The summed E-state index contributed by atoms with van der Waals surface area (Å²) in [6.45, 7) is 7.32. The third-order valence-corrected chi connectivity index (χ3v) is 4.34. The zero-order valence-corrected chi connectivity index (χ0v) is 14.6. The minimum Gasteiger partial charge on any atom is -0.465 e. The molecular formula is C16H27N3O5. The van der Waals surface area contributed by atoms with Gasteiger partial charge >= 0.3 is 12.2 Å². The van der Waals surface area contributed by atoms with Gasteiger partial charge in [-0.05, 0) is 40.0 Å². The van der Waals surface area contributed by atoms with Gasteiger partial charge in [-0.2, -0.15) is 0 Å². The molecule has 8 heteroatoms. The molecule has 2 aliphatic rings. The molecule has 0 bridgehead atoms. The lowest BCUT2D eigenvalue weighted by molar-refractivity contribution is -0.135. The van der Waals surface area contributed by atoms with Crippen LogP contribution in [0.2, 0.25) is 0 Å². The van der Waals surface area contributed by atoms with Crippen LogP contribution in [0.5, 0.6) is 0 Å². The number of piperidine rings is 1. The first-order valence-electron chi connectivity index (χ1n) is 8.42. The molecule has 2 saturated heterocycles. The van der Waals surface area contributed by atoms with E-state index in [1.165, 1.54) is 4.90 Å². The fourth-order valence-corrected chi connectivity index (χ4v) is 3.13. The monoisotopic (exact) mass is 341 g/mol. The van der Waals surface area contributed by atoms with E-state index < -0.39 is 17.8 Å². The second-order valence-electron chi connectivity index (χ2n) is 7.46. The molecule has 0 aromatic heterocycles. The van der Waals surface area contributed by atoms with Crippen LogP contribution in [0.4, 0.5) is 9.59 Å². The van der Waals surface area contributed by atoms with Crippen molar-refractivity contribution < 1.29 is 24.2 Å². The summed E-state index contributed by atoms with van der Waals surface area (Å²) in [6.07, 6.45) is 0.441. The number of ether oxygens (including phenoxy) is 1. The Kier molecular flexibility index (Phi) is 5.56. The van der Waals surface area contributed by atoms with Gasteiger partial charge in [0, 0.05) is 32.1 Å². The Labute approximate surface area is 142 Å². The molecule has 2 fully saturated rings. The lowest BCUT2D eigenvalue weighted by Crippen LogP contribution is -2.45. The number of carbonyl (C=O) groups is 3. The van der Waals surface area contributed by atoms with E-state index in [0.717, 1.165) is 0 Å². The van der Waals surface area contributed by atoms with Crippen LogP contribution in [0.25, 0.3) is 0 Å². The highest BCUT2D eigenvalue weighted by Gasteiger charge is 2.34. The van der Waals surface area contributed by atoms with E-state index in [9.17, 15) is 14.4 Å². The van der Waals surface area contributed by atoms with E-state index in [4.69, 9.17) is 9.84 Å². The van der Waals surface area contributed by atoms with E-state index in [0.29, 0.717) is 45.4 Å². The molecule has 0 saturated carbocycles. The molecule has 24 heavy (non-hydrogen) atoms. The minimum absolute atomic E-state index is 0.0635. The molecule has 136 valence electrons. The molecule has 1 unspecified atom stereocenters. The molecule has 0 aromatic rings. The van der Waals surface area contributed by atoms with Gasteiger partial charge in [-0.15, -0.1) is 0 Å². The van der Waals surface area contributed by atoms with Crippen molar-refractivity contribution in [3.63, 3.8) is 0 Å². The molecule has 2 rings (SSSR count). The summed E-state index contributed by atoms with van der Waals surface area (Å²) in [5, 5.41) is 11.8. The minimum atomic E-state index is -0.927. The van der Waals surface area contributed by atoms with Crippen molar-refractivity contribution in [3.05, 3.63) is 0 Å². The summed E-state index contributed by atoms with van der Waals surface area (Å²) in [6, 6.07) is -0.0945. The van der Waals surface area contributed by atoms with Crippen LogP contribution < -0.4 is 5.32 Å².